The molecule has 41 heavy (non-hydrogen) atoms. The lowest BCUT2D eigenvalue weighted by molar-refractivity contribution is -0.266. The summed E-state index contributed by atoms with van der Waals surface area (Å²) in [7, 11) is -3.80. The number of carbonyl (C=O) groups excluding carboxylic acids is 2. The average molecular weight is 603 g/mol. The van der Waals surface area contributed by atoms with E-state index in [1.807, 2.05) is 32.9 Å². The topological polar surface area (TPSA) is 157 Å². The molecule has 0 aromatic carbocycles. The van der Waals surface area contributed by atoms with Crippen LogP contribution in [-0.2, 0) is 14.8 Å². The van der Waals surface area contributed by atoms with Crippen molar-refractivity contribution in [2.45, 2.75) is 70.2 Å². The monoisotopic (exact) mass is 602 g/mol. The lowest BCUT2D eigenvalue weighted by Gasteiger charge is -2.43. The second-order valence-electron chi connectivity index (χ2n) is 12.0. The predicted octanol–water partition coefficient (Wildman–Crippen LogP) is 4.29. The van der Waals surface area contributed by atoms with Crippen LogP contribution in [0.25, 0.3) is 27.0 Å². The van der Waals surface area contributed by atoms with E-state index in [0.717, 1.165) is 38.4 Å². The van der Waals surface area contributed by atoms with Gasteiger partial charge in [-0.3, -0.25) is 0 Å². The Morgan fingerprint density at radius 2 is 1.90 bits per heavy atom. The third-order valence-corrected chi connectivity index (χ3v) is 9.67. The maximum atomic E-state index is 12.9. The highest BCUT2D eigenvalue weighted by Gasteiger charge is 2.33. The number of alkyl carbamates (subject to hydrolysis) is 1. The molecule has 11 nitrogen and oxygen atoms in total. The van der Waals surface area contributed by atoms with Crippen LogP contribution in [0.2, 0.25) is 0 Å². The number of carbonyl (C=O) groups is 2. The van der Waals surface area contributed by atoms with Gasteiger partial charge in [0.15, 0.2) is 0 Å². The molecule has 1 unspecified atom stereocenters. The minimum absolute atomic E-state index is 0.00352. The number of pyridine rings is 1. The Labute approximate surface area is 244 Å². The Balaban J connectivity index is 1.52. The van der Waals surface area contributed by atoms with Crippen LogP contribution in [0.4, 0.5) is 9.59 Å². The molecule has 0 saturated heterocycles. The standard InChI is InChI=1S/C28H37N5O6S2/c1-27(2,3)22-9-7-17(16-33(22)26(35)36)20-15-19-18(11-12-29-24(19)32-20)21-8-10-23(40-21)41(37,38)31-14-13-30-25(34)39-28(4,5)6/h8,10-12,15-16,22,31H,7,9,13-14H2,1-6H3,(H,29,32)(H,30,34)(H,35,36)/p-1. The van der Waals surface area contributed by atoms with Crippen molar-refractivity contribution in [3.63, 3.8) is 0 Å². The van der Waals surface area contributed by atoms with Crippen LogP contribution in [0, 0.1) is 5.41 Å². The molecule has 0 radical (unpaired) electrons. The van der Waals surface area contributed by atoms with Crippen molar-refractivity contribution >= 4 is 50.2 Å². The number of ether oxygens (including phenoxy) is 1. The van der Waals surface area contributed by atoms with Crippen molar-refractivity contribution in [1.29, 1.82) is 0 Å². The van der Waals surface area contributed by atoms with Crippen molar-refractivity contribution in [3.05, 3.63) is 42.4 Å². The Morgan fingerprint density at radius 3 is 2.56 bits per heavy atom. The molecule has 3 aromatic rings. The van der Waals surface area contributed by atoms with Crippen LogP contribution < -0.4 is 15.1 Å². The van der Waals surface area contributed by atoms with Gasteiger partial charge in [-0.1, -0.05) is 20.8 Å². The van der Waals surface area contributed by atoms with Crippen molar-refractivity contribution in [3.8, 4) is 10.4 Å². The van der Waals surface area contributed by atoms with E-state index in [4.69, 9.17) is 4.74 Å². The lowest BCUT2D eigenvalue weighted by Crippen LogP contribution is -2.50. The molecule has 13 heteroatoms. The summed E-state index contributed by atoms with van der Waals surface area (Å²) in [6.07, 6.45) is 2.77. The molecular formula is C28H36N5O6S2-. The van der Waals surface area contributed by atoms with Crippen molar-refractivity contribution in [1.82, 2.24) is 24.9 Å². The molecule has 0 fully saturated rings. The van der Waals surface area contributed by atoms with Gasteiger partial charge in [0, 0.05) is 53.0 Å². The van der Waals surface area contributed by atoms with Gasteiger partial charge in [-0.05, 0) is 68.9 Å². The first-order valence-corrected chi connectivity index (χ1v) is 15.6. The molecule has 3 N–H and O–H groups in total. The Hall–Kier alpha value is -3.42. The third-order valence-electron chi connectivity index (χ3n) is 6.60. The second-order valence-corrected chi connectivity index (χ2v) is 15.1. The number of allylic oxidation sites excluding steroid dienone is 1. The normalized spacial score (nSPS) is 16.5. The summed E-state index contributed by atoms with van der Waals surface area (Å²) in [5.41, 5.74) is 2.11. The SMILES string of the molecule is CC(C)(C)OC(=O)NCCNS(=O)(=O)c1ccc(-c2ccnc3[nH]c(C4=CN(C(=O)[O-])C(C(C)(C)C)CC4)cc23)s1. The van der Waals surface area contributed by atoms with Gasteiger partial charge in [0.25, 0.3) is 0 Å². The van der Waals surface area contributed by atoms with Crippen LogP contribution in [-0.4, -0.2) is 60.2 Å². The minimum atomic E-state index is -3.80. The molecule has 222 valence electrons. The fourth-order valence-electron chi connectivity index (χ4n) is 4.75. The molecule has 0 spiro atoms. The van der Waals surface area contributed by atoms with Crippen LogP contribution >= 0.6 is 11.3 Å². The van der Waals surface area contributed by atoms with E-state index in [1.54, 1.807) is 39.2 Å². The Kier molecular flexibility index (Phi) is 8.53. The van der Waals surface area contributed by atoms with E-state index in [0.29, 0.717) is 18.5 Å². The van der Waals surface area contributed by atoms with Gasteiger partial charge in [0.2, 0.25) is 10.0 Å². The van der Waals surface area contributed by atoms with Crippen molar-refractivity contribution in [2.24, 2.45) is 5.41 Å². The summed E-state index contributed by atoms with van der Waals surface area (Å²) in [5.74, 6) is 0. The van der Waals surface area contributed by atoms with E-state index in [-0.39, 0.29) is 28.8 Å². The first kappa shape index (κ1) is 30.5. The molecule has 1 aliphatic heterocycles. The summed E-state index contributed by atoms with van der Waals surface area (Å²) >= 11 is 1.12. The first-order chi connectivity index (χ1) is 19.0. The number of fused-ring (bicyclic) bond motifs is 1. The van der Waals surface area contributed by atoms with Crippen molar-refractivity contribution in [2.75, 3.05) is 13.1 Å². The van der Waals surface area contributed by atoms with Gasteiger partial charge in [-0.15, -0.1) is 11.3 Å². The molecule has 3 aromatic heterocycles. The molecule has 2 amide bonds. The molecule has 4 heterocycles. The molecule has 1 atom stereocenters. The summed E-state index contributed by atoms with van der Waals surface area (Å²) in [4.78, 5) is 33.4. The number of amides is 2. The summed E-state index contributed by atoms with van der Waals surface area (Å²) in [5, 5.41) is 15.2. The van der Waals surface area contributed by atoms with E-state index >= 15 is 0 Å². The van der Waals surface area contributed by atoms with Gasteiger partial charge >= 0.3 is 6.09 Å². The molecule has 0 aliphatic carbocycles. The van der Waals surface area contributed by atoms with Gasteiger partial charge in [-0.2, -0.15) is 0 Å². The maximum absolute atomic E-state index is 12.9. The first-order valence-electron chi connectivity index (χ1n) is 13.3. The molecule has 0 bridgehead atoms. The van der Waals surface area contributed by atoms with E-state index in [9.17, 15) is 23.1 Å². The number of aromatic amines is 1. The fourth-order valence-corrected chi connectivity index (χ4v) is 7.17. The van der Waals surface area contributed by atoms with Crippen LogP contribution in [0.1, 0.15) is 60.1 Å². The highest BCUT2D eigenvalue weighted by Crippen LogP contribution is 2.39. The van der Waals surface area contributed by atoms with E-state index in [2.05, 4.69) is 20.0 Å². The van der Waals surface area contributed by atoms with Crippen molar-refractivity contribution < 1.29 is 27.9 Å². The van der Waals surface area contributed by atoms with Gasteiger partial charge in [0.05, 0.1) is 0 Å². The largest absolute Gasteiger partial charge is 0.530 e. The highest BCUT2D eigenvalue weighted by atomic mass is 32.2. The minimum Gasteiger partial charge on any atom is -0.530 e. The zero-order valence-electron chi connectivity index (χ0n) is 24.0. The number of nitrogens with one attached hydrogen (secondary N) is 3. The van der Waals surface area contributed by atoms with Gasteiger partial charge < -0.3 is 29.8 Å². The Morgan fingerprint density at radius 1 is 1.17 bits per heavy atom. The summed E-state index contributed by atoms with van der Waals surface area (Å²) < 4.78 is 33.5. The quantitative estimate of drug-likeness (QED) is 0.341. The predicted molar refractivity (Wildman–Crippen MR) is 157 cm³/mol. The van der Waals surface area contributed by atoms with Crippen LogP contribution in [0.15, 0.2) is 40.9 Å². The smallest absolute Gasteiger partial charge is 0.407 e. The number of rotatable bonds is 7. The molecule has 0 saturated carbocycles. The number of hydrogen-bond donors (Lipinski definition) is 3. The van der Waals surface area contributed by atoms with Gasteiger partial charge in [0.1, 0.15) is 21.6 Å². The maximum Gasteiger partial charge on any atom is 0.407 e. The van der Waals surface area contributed by atoms with Gasteiger partial charge in [-0.25, -0.2) is 22.9 Å². The number of sulfonamides is 1. The van der Waals surface area contributed by atoms with Crippen LogP contribution in [0.5, 0.6) is 0 Å². The number of thiophene rings is 1. The average Bonchev–Trinajstić information content (AvgIpc) is 3.53. The van der Waals surface area contributed by atoms with E-state index in [1.165, 1.54) is 11.0 Å². The highest BCUT2D eigenvalue weighted by molar-refractivity contribution is 7.91. The zero-order chi connectivity index (χ0) is 30.2. The number of hydrogen-bond acceptors (Lipinski definition) is 8. The number of aromatic nitrogens is 2. The summed E-state index contributed by atoms with van der Waals surface area (Å²) in [6, 6.07) is 6.83. The van der Waals surface area contributed by atoms with Crippen LogP contribution in [0.3, 0.4) is 0 Å². The van der Waals surface area contributed by atoms with E-state index < -0.39 is 27.8 Å². The fraction of sp³-hybridized carbons (Fsp3) is 0.464. The number of H-pyrrole nitrogens is 1. The second kappa shape index (κ2) is 11.5. The lowest BCUT2D eigenvalue weighted by atomic mass is 9.80. The molecular weight excluding hydrogens is 566 g/mol. The third kappa shape index (κ3) is 7.27. The Bertz CT molecular complexity index is 1580. The molecule has 4 rings (SSSR count). The summed E-state index contributed by atoms with van der Waals surface area (Å²) in [6.45, 7) is 11.3. The number of nitrogens with zero attached hydrogens (tertiary/aromatic N) is 2. The molecule has 1 aliphatic rings. The number of carboxylic acid groups (broad SMARTS) is 1. The zero-order valence-corrected chi connectivity index (χ0v) is 25.7.